The van der Waals surface area contributed by atoms with E-state index < -0.39 is 0 Å². The molecule has 1 amide bonds. The number of piperidine rings is 1. The standard InChI is InChI=1S/C15H28N2O2/c1-11(2)3-4-12-5-7-17(8-6-12)15(19)14-9-13(18)10-16-14/h11-14,16,18H,3-10H2,1-2H3/t13-,14+/m0/s1. The highest BCUT2D eigenvalue weighted by molar-refractivity contribution is 5.82. The van der Waals surface area contributed by atoms with Crippen molar-refractivity contribution >= 4 is 5.91 Å². The van der Waals surface area contributed by atoms with E-state index in [0.29, 0.717) is 13.0 Å². The summed E-state index contributed by atoms with van der Waals surface area (Å²) < 4.78 is 0. The van der Waals surface area contributed by atoms with Crippen molar-refractivity contribution in [2.45, 2.75) is 58.1 Å². The van der Waals surface area contributed by atoms with Gasteiger partial charge in [0.25, 0.3) is 0 Å². The molecule has 4 heteroatoms. The van der Waals surface area contributed by atoms with E-state index in [4.69, 9.17) is 0 Å². The molecule has 0 saturated carbocycles. The summed E-state index contributed by atoms with van der Waals surface area (Å²) in [5.41, 5.74) is 0. The van der Waals surface area contributed by atoms with Gasteiger partial charge in [-0.05, 0) is 31.1 Å². The maximum Gasteiger partial charge on any atom is 0.239 e. The summed E-state index contributed by atoms with van der Waals surface area (Å²) in [7, 11) is 0. The fourth-order valence-electron chi connectivity index (χ4n) is 3.14. The third-order valence-electron chi connectivity index (χ3n) is 4.48. The highest BCUT2D eigenvalue weighted by Crippen LogP contribution is 2.24. The van der Waals surface area contributed by atoms with Gasteiger partial charge in [-0.2, -0.15) is 0 Å². The Kier molecular flexibility index (Phi) is 5.22. The molecule has 0 bridgehead atoms. The lowest BCUT2D eigenvalue weighted by Gasteiger charge is -2.33. The van der Waals surface area contributed by atoms with Crippen molar-refractivity contribution in [2.24, 2.45) is 11.8 Å². The second-order valence-corrected chi connectivity index (χ2v) is 6.59. The molecule has 2 aliphatic rings. The van der Waals surface area contributed by atoms with Crippen LogP contribution in [0.25, 0.3) is 0 Å². The molecule has 0 aliphatic carbocycles. The minimum atomic E-state index is -0.350. The Balaban J connectivity index is 1.72. The lowest BCUT2D eigenvalue weighted by Crippen LogP contribution is -2.47. The zero-order valence-corrected chi connectivity index (χ0v) is 12.3. The van der Waals surface area contributed by atoms with Crippen LogP contribution in [-0.4, -0.2) is 47.7 Å². The summed E-state index contributed by atoms with van der Waals surface area (Å²) >= 11 is 0. The second kappa shape index (κ2) is 6.71. The second-order valence-electron chi connectivity index (χ2n) is 6.59. The Hall–Kier alpha value is -0.610. The number of amides is 1. The first kappa shape index (κ1) is 14.8. The normalized spacial score (nSPS) is 29.2. The van der Waals surface area contributed by atoms with Crippen molar-refractivity contribution in [3.8, 4) is 0 Å². The third-order valence-corrected chi connectivity index (χ3v) is 4.48. The first-order valence-corrected chi connectivity index (χ1v) is 7.76. The summed E-state index contributed by atoms with van der Waals surface area (Å²) in [5.74, 6) is 1.77. The van der Waals surface area contributed by atoms with Gasteiger partial charge < -0.3 is 15.3 Å². The number of hydrogen-bond acceptors (Lipinski definition) is 3. The van der Waals surface area contributed by atoms with E-state index in [0.717, 1.165) is 37.8 Å². The first-order valence-electron chi connectivity index (χ1n) is 7.76. The Morgan fingerprint density at radius 3 is 2.58 bits per heavy atom. The molecule has 0 unspecified atom stereocenters. The highest BCUT2D eigenvalue weighted by Gasteiger charge is 2.32. The summed E-state index contributed by atoms with van der Waals surface area (Å²) in [6.45, 7) is 6.90. The maximum absolute atomic E-state index is 12.3. The number of nitrogens with zero attached hydrogens (tertiary/aromatic N) is 1. The SMILES string of the molecule is CC(C)CCC1CCN(C(=O)[C@H]2C[C@H](O)CN2)CC1. The van der Waals surface area contributed by atoms with Crippen molar-refractivity contribution in [2.75, 3.05) is 19.6 Å². The highest BCUT2D eigenvalue weighted by atomic mass is 16.3. The van der Waals surface area contributed by atoms with Gasteiger partial charge in [0, 0.05) is 19.6 Å². The number of rotatable bonds is 4. The van der Waals surface area contributed by atoms with E-state index in [1.165, 1.54) is 12.8 Å². The van der Waals surface area contributed by atoms with E-state index >= 15 is 0 Å². The Bertz CT molecular complexity index is 299. The van der Waals surface area contributed by atoms with Crippen LogP contribution in [0.2, 0.25) is 0 Å². The summed E-state index contributed by atoms with van der Waals surface area (Å²) in [5, 5.41) is 12.6. The molecule has 4 nitrogen and oxygen atoms in total. The largest absolute Gasteiger partial charge is 0.392 e. The number of aliphatic hydroxyl groups is 1. The first-order chi connectivity index (χ1) is 9.06. The van der Waals surface area contributed by atoms with Crippen LogP contribution in [0.1, 0.15) is 46.0 Å². The predicted octanol–water partition coefficient (Wildman–Crippen LogP) is 1.38. The molecule has 2 heterocycles. The van der Waals surface area contributed by atoms with Crippen LogP contribution in [0.4, 0.5) is 0 Å². The smallest absolute Gasteiger partial charge is 0.239 e. The summed E-state index contributed by atoms with van der Waals surface area (Å²) in [6.07, 6.45) is 5.13. The molecule has 2 aliphatic heterocycles. The van der Waals surface area contributed by atoms with Crippen LogP contribution < -0.4 is 5.32 Å². The topological polar surface area (TPSA) is 52.6 Å². The van der Waals surface area contributed by atoms with Crippen LogP contribution in [0.5, 0.6) is 0 Å². The Labute approximate surface area is 116 Å². The van der Waals surface area contributed by atoms with Gasteiger partial charge in [0.2, 0.25) is 5.91 Å². The van der Waals surface area contributed by atoms with Gasteiger partial charge in [0.1, 0.15) is 0 Å². The molecule has 0 aromatic carbocycles. The van der Waals surface area contributed by atoms with Crippen molar-refractivity contribution in [1.82, 2.24) is 10.2 Å². The molecule has 0 spiro atoms. The van der Waals surface area contributed by atoms with Crippen LogP contribution in [0, 0.1) is 11.8 Å². The van der Waals surface area contributed by atoms with Crippen molar-refractivity contribution in [1.29, 1.82) is 0 Å². The van der Waals surface area contributed by atoms with Crippen LogP contribution in [-0.2, 0) is 4.79 Å². The van der Waals surface area contributed by atoms with Crippen LogP contribution >= 0.6 is 0 Å². The average Bonchev–Trinajstić information content (AvgIpc) is 2.83. The third kappa shape index (κ3) is 4.18. The monoisotopic (exact) mass is 268 g/mol. The van der Waals surface area contributed by atoms with E-state index in [2.05, 4.69) is 19.2 Å². The van der Waals surface area contributed by atoms with E-state index in [1.807, 2.05) is 4.90 Å². The summed E-state index contributed by atoms with van der Waals surface area (Å²) in [4.78, 5) is 14.3. The molecule has 2 saturated heterocycles. The molecule has 19 heavy (non-hydrogen) atoms. The number of carbonyl (C=O) groups excluding carboxylic acids is 1. The zero-order chi connectivity index (χ0) is 13.8. The molecule has 0 aromatic rings. The number of carbonyl (C=O) groups is 1. The minimum absolute atomic E-state index is 0.151. The Morgan fingerprint density at radius 2 is 2.05 bits per heavy atom. The van der Waals surface area contributed by atoms with Gasteiger partial charge in [0.05, 0.1) is 12.1 Å². The quantitative estimate of drug-likeness (QED) is 0.810. The molecule has 2 rings (SSSR count). The molecule has 2 atom stereocenters. The van der Waals surface area contributed by atoms with Gasteiger partial charge in [-0.25, -0.2) is 0 Å². The molecule has 2 N–H and O–H groups in total. The number of aliphatic hydroxyl groups excluding tert-OH is 1. The van der Waals surface area contributed by atoms with Crippen molar-refractivity contribution < 1.29 is 9.90 Å². The zero-order valence-electron chi connectivity index (χ0n) is 12.3. The molecular formula is C15H28N2O2. The van der Waals surface area contributed by atoms with Gasteiger partial charge in [-0.1, -0.05) is 26.7 Å². The van der Waals surface area contributed by atoms with Crippen molar-refractivity contribution in [3.63, 3.8) is 0 Å². The molecule has 2 fully saturated rings. The molecule has 0 aromatic heterocycles. The van der Waals surface area contributed by atoms with Gasteiger partial charge >= 0.3 is 0 Å². The lowest BCUT2D eigenvalue weighted by molar-refractivity contribution is -0.134. The molecular weight excluding hydrogens is 240 g/mol. The maximum atomic E-state index is 12.3. The fraction of sp³-hybridized carbons (Fsp3) is 0.933. The lowest BCUT2D eigenvalue weighted by atomic mass is 9.89. The molecule has 0 radical (unpaired) electrons. The fourth-order valence-corrected chi connectivity index (χ4v) is 3.14. The summed E-state index contributed by atoms with van der Waals surface area (Å²) in [6, 6.07) is -0.151. The minimum Gasteiger partial charge on any atom is -0.392 e. The molecule has 110 valence electrons. The average molecular weight is 268 g/mol. The van der Waals surface area contributed by atoms with E-state index in [-0.39, 0.29) is 18.1 Å². The van der Waals surface area contributed by atoms with Gasteiger partial charge in [-0.15, -0.1) is 0 Å². The van der Waals surface area contributed by atoms with Gasteiger partial charge in [-0.3, -0.25) is 4.79 Å². The van der Waals surface area contributed by atoms with Crippen LogP contribution in [0.15, 0.2) is 0 Å². The predicted molar refractivity (Wildman–Crippen MR) is 75.8 cm³/mol. The van der Waals surface area contributed by atoms with Crippen molar-refractivity contribution in [3.05, 3.63) is 0 Å². The number of β-amino-alcohol motifs (C(OH)–C–C–N with tert-alkyl or cyclic N) is 1. The van der Waals surface area contributed by atoms with Crippen LogP contribution in [0.3, 0.4) is 0 Å². The number of hydrogen-bond donors (Lipinski definition) is 2. The van der Waals surface area contributed by atoms with E-state index in [9.17, 15) is 9.90 Å². The van der Waals surface area contributed by atoms with E-state index in [1.54, 1.807) is 0 Å². The number of likely N-dealkylation sites (tertiary alicyclic amines) is 1. The van der Waals surface area contributed by atoms with Gasteiger partial charge in [0.15, 0.2) is 0 Å². The number of nitrogens with one attached hydrogen (secondary N) is 1. The Morgan fingerprint density at radius 1 is 1.37 bits per heavy atom.